The number of ether oxygens (including phenoxy) is 3. The van der Waals surface area contributed by atoms with Crippen LogP contribution < -0.4 is 20.1 Å². The molecule has 2 aliphatic rings. The molecule has 0 bridgehead atoms. The average Bonchev–Trinajstić information content (AvgIpc) is 3.30. The van der Waals surface area contributed by atoms with E-state index in [1.807, 2.05) is 13.1 Å². The molecule has 2 N–H and O–H groups in total. The highest BCUT2D eigenvalue weighted by Gasteiger charge is 2.26. The Balaban J connectivity index is 1.47. The molecule has 0 aliphatic carbocycles. The van der Waals surface area contributed by atoms with Crippen molar-refractivity contribution in [3.05, 3.63) is 23.8 Å². The third-order valence-corrected chi connectivity index (χ3v) is 6.56. The largest absolute Gasteiger partial charge is 0.493 e. The molecule has 1 aromatic rings. The molecule has 31 heavy (non-hydrogen) atoms. The topological polar surface area (TPSA) is 67.4 Å². The predicted octanol–water partition coefficient (Wildman–Crippen LogP) is 2.65. The van der Waals surface area contributed by atoms with Crippen molar-refractivity contribution in [2.75, 3.05) is 60.7 Å². The van der Waals surface area contributed by atoms with E-state index >= 15 is 0 Å². The molecule has 2 fully saturated rings. The first-order valence-electron chi connectivity index (χ1n) is 11.4. The first-order chi connectivity index (χ1) is 14.9. The SMILES string of the molecule is CN=C(NCC(C)(C)c1ccc(OC)c(OC)c1)NC1CCN(CC2CCOC2)CC1. The molecule has 7 heteroatoms. The van der Waals surface area contributed by atoms with E-state index in [1.165, 1.54) is 18.5 Å². The summed E-state index contributed by atoms with van der Waals surface area (Å²) < 4.78 is 16.4. The number of nitrogens with one attached hydrogen (secondary N) is 2. The van der Waals surface area contributed by atoms with Crippen LogP contribution in [-0.2, 0) is 10.2 Å². The molecule has 2 heterocycles. The fraction of sp³-hybridized carbons (Fsp3) is 0.708. The number of hydrogen-bond donors (Lipinski definition) is 2. The molecule has 0 aromatic heterocycles. The lowest BCUT2D eigenvalue weighted by Gasteiger charge is -2.34. The summed E-state index contributed by atoms with van der Waals surface area (Å²) >= 11 is 0. The highest BCUT2D eigenvalue weighted by atomic mass is 16.5. The Bertz CT molecular complexity index is 724. The predicted molar refractivity (Wildman–Crippen MR) is 125 cm³/mol. The molecule has 3 rings (SSSR count). The lowest BCUT2D eigenvalue weighted by atomic mass is 9.84. The fourth-order valence-electron chi connectivity index (χ4n) is 4.40. The molecule has 2 saturated heterocycles. The molecule has 0 saturated carbocycles. The molecule has 174 valence electrons. The van der Waals surface area contributed by atoms with E-state index in [4.69, 9.17) is 14.2 Å². The van der Waals surface area contributed by atoms with Crippen molar-refractivity contribution in [3.8, 4) is 11.5 Å². The van der Waals surface area contributed by atoms with Gasteiger partial charge in [-0.05, 0) is 42.9 Å². The van der Waals surface area contributed by atoms with Crippen molar-refractivity contribution in [2.24, 2.45) is 10.9 Å². The zero-order valence-electron chi connectivity index (χ0n) is 19.9. The van der Waals surface area contributed by atoms with E-state index < -0.39 is 0 Å². The molecule has 1 unspecified atom stereocenters. The molecule has 1 aromatic carbocycles. The van der Waals surface area contributed by atoms with Gasteiger partial charge < -0.3 is 29.7 Å². The maximum atomic E-state index is 5.52. The molecule has 0 radical (unpaired) electrons. The van der Waals surface area contributed by atoms with Crippen molar-refractivity contribution >= 4 is 5.96 Å². The summed E-state index contributed by atoms with van der Waals surface area (Å²) in [6, 6.07) is 6.59. The van der Waals surface area contributed by atoms with Gasteiger partial charge in [0, 0.05) is 51.3 Å². The Labute approximate surface area is 187 Å². The van der Waals surface area contributed by atoms with Gasteiger partial charge in [0.15, 0.2) is 17.5 Å². The van der Waals surface area contributed by atoms with E-state index in [0.29, 0.717) is 6.04 Å². The number of piperidine rings is 1. The van der Waals surface area contributed by atoms with E-state index in [1.54, 1.807) is 14.2 Å². The molecular formula is C24H40N4O3. The van der Waals surface area contributed by atoms with Crippen LogP contribution in [0.1, 0.15) is 38.7 Å². The van der Waals surface area contributed by atoms with Crippen LogP contribution in [0.3, 0.4) is 0 Å². The van der Waals surface area contributed by atoms with Gasteiger partial charge in [0.05, 0.1) is 20.8 Å². The minimum atomic E-state index is -0.0934. The zero-order valence-corrected chi connectivity index (χ0v) is 19.9. The average molecular weight is 433 g/mol. The van der Waals surface area contributed by atoms with E-state index in [2.05, 4.69) is 46.5 Å². The minimum absolute atomic E-state index is 0.0934. The van der Waals surface area contributed by atoms with E-state index in [0.717, 1.165) is 69.1 Å². The summed E-state index contributed by atoms with van der Waals surface area (Å²) in [6.45, 7) is 10.5. The summed E-state index contributed by atoms with van der Waals surface area (Å²) in [5.41, 5.74) is 1.10. The first-order valence-corrected chi connectivity index (χ1v) is 11.4. The van der Waals surface area contributed by atoms with Gasteiger partial charge in [0.1, 0.15) is 0 Å². The second-order valence-corrected chi connectivity index (χ2v) is 9.33. The number of hydrogen-bond acceptors (Lipinski definition) is 5. The van der Waals surface area contributed by atoms with Gasteiger partial charge in [-0.1, -0.05) is 19.9 Å². The van der Waals surface area contributed by atoms with Gasteiger partial charge in [-0.25, -0.2) is 0 Å². The van der Waals surface area contributed by atoms with Crippen molar-refractivity contribution in [1.82, 2.24) is 15.5 Å². The number of nitrogens with zero attached hydrogens (tertiary/aromatic N) is 2. The van der Waals surface area contributed by atoms with Gasteiger partial charge in [0.25, 0.3) is 0 Å². The lowest BCUT2D eigenvalue weighted by molar-refractivity contribution is 0.150. The third kappa shape index (κ3) is 6.50. The summed E-state index contributed by atoms with van der Waals surface area (Å²) in [5.74, 6) is 3.10. The van der Waals surface area contributed by atoms with E-state index in [-0.39, 0.29) is 5.41 Å². The Kier molecular flexibility index (Phi) is 8.43. The molecular weight excluding hydrogens is 392 g/mol. The fourth-order valence-corrected chi connectivity index (χ4v) is 4.40. The highest BCUT2D eigenvalue weighted by molar-refractivity contribution is 5.80. The van der Waals surface area contributed by atoms with Crippen LogP contribution in [0.15, 0.2) is 23.2 Å². The van der Waals surface area contributed by atoms with Crippen LogP contribution in [0.2, 0.25) is 0 Å². The van der Waals surface area contributed by atoms with Crippen LogP contribution in [-0.4, -0.2) is 77.6 Å². The normalized spacial score (nSPS) is 21.2. The third-order valence-electron chi connectivity index (χ3n) is 6.56. The van der Waals surface area contributed by atoms with Crippen molar-refractivity contribution in [1.29, 1.82) is 0 Å². The van der Waals surface area contributed by atoms with Gasteiger partial charge in [-0.3, -0.25) is 4.99 Å². The smallest absolute Gasteiger partial charge is 0.191 e. The summed E-state index contributed by atoms with van der Waals surface area (Å²) in [6.07, 6.45) is 3.51. The Morgan fingerprint density at radius 1 is 1.16 bits per heavy atom. The molecule has 0 spiro atoms. The Hall–Kier alpha value is -1.99. The zero-order chi connectivity index (χ0) is 22.3. The van der Waals surface area contributed by atoms with Gasteiger partial charge in [-0.15, -0.1) is 0 Å². The van der Waals surface area contributed by atoms with Crippen molar-refractivity contribution in [3.63, 3.8) is 0 Å². The van der Waals surface area contributed by atoms with Crippen LogP contribution in [0.4, 0.5) is 0 Å². The van der Waals surface area contributed by atoms with Gasteiger partial charge in [0.2, 0.25) is 0 Å². The van der Waals surface area contributed by atoms with Crippen molar-refractivity contribution in [2.45, 2.75) is 44.6 Å². The number of aliphatic imine (C=N–C) groups is 1. The number of benzene rings is 1. The molecule has 0 amide bonds. The first kappa shape index (κ1) is 23.7. The van der Waals surface area contributed by atoms with Crippen LogP contribution in [0, 0.1) is 5.92 Å². The summed E-state index contributed by atoms with van der Waals surface area (Å²) in [5, 5.41) is 7.16. The standard InChI is InChI=1S/C24H40N4O3/c1-24(2,19-6-7-21(29-4)22(14-19)30-5)17-26-23(25-3)27-20-8-11-28(12-9-20)15-18-10-13-31-16-18/h6-7,14,18,20H,8-13,15-17H2,1-5H3,(H2,25,26,27). The maximum Gasteiger partial charge on any atom is 0.191 e. The number of rotatable bonds is 8. The highest BCUT2D eigenvalue weighted by Crippen LogP contribution is 2.32. The molecule has 7 nitrogen and oxygen atoms in total. The maximum absolute atomic E-state index is 5.52. The summed E-state index contributed by atoms with van der Waals surface area (Å²) in [4.78, 5) is 7.05. The number of likely N-dealkylation sites (tertiary alicyclic amines) is 1. The second kappa shape index (κ2) is 11.0. The summed E-state index contributed by atoms with van der Waals surface area (Å²) in [7, 11) is 5.17. The molecule has 1 atom stereocenters. The molecule has 2 aliphatic heterocycles. The van der Waals surface area contributed by atoms with Crippen LogP contribution in [0.5, 0.6) is 11.5 Å². The second-order valence-electron chi connectivity index (χ2n) is 9.33. The number of methoxy groups -OCH3 is 2. The van der Waals surface area contributed by atoms with Crippen LogP contribution in [0.25, 0.3) is 0 Å². The van der Waals surface area contributed by atoms with Crippen molar-refractivity contribution < 1.29 is 14.2 Å². The number of guanidine groups is 1. The minimum Gasteiger partial charge on any atom is -0.493 e. The van der Waals surface area contributed by atoms with Gasteiger partial charge >= 0.3 is 0 Å². The van der Waals surface area contributed by atoms with Gasteiger partial charge in [-0.2, -0.15) is 0 Å². The van der Waals surface area contributed by atoms with E-state index in [9.17, 15) is 0 Å². The monoisotopic (exact) mass is 432 g/mol. The Morgan fingerprint density at radius 3 is 2.52 bits per heavy atom. The van der Waals surface area contributed by atoms with Crippen LogP contribution >= 0.6 is 0 Å². The quantitative estimate of drug-likeness (QED) is 0.486. The Morgan fingerprint density at radius 2 is 1.90 bits per heavy atom. The lowest BCUT2D eigenvalue weighted by Crippen LogP contribution is -2.51.